The van der Waals surface area contributed by atoms with Gasteiger partial charge in [0.15, 0.2) is 0 Å². The van der Waals surface area contributed by atoms with Crippen molar-refractivity contribution in [2.75, 3.05) is 21.3 Å². The maximum absolute atomic E-state index is 5.54. The number of benzene rings is 2. The highest BCUT2D eigenvalue weighted by Gasteiger charge is 2.22. The number of nitrogens with zero attached hydrogens (tertiary/aromatic N) is 3. The Kier molecular flexibility index (Phi) is 4.06. The highest BCUT2D eigenvalue weighted by atomic mass is 16.5. The van der Waals surface area contributed by atoms with E-state index in [9.17, 15) is 0 Å². The van der Waals surface area contributed by atoms with Crippen molar-refractivity contribution in [3.05, 3.63) is 42.0 Å². The lowest BCUT2D eigenvalue weighted by Gasteiger charge is -2.20. The molecule has 23 heavy (non-hydrogen) atoms. The quantitative estimate of drug-likeness (QED) is 0.724. The third-order valence-corrected chi connectivity index (χ3v) is 3.92. The van der Waals surface area contributed by atoms with Crippen molar-refractivity contribution in [2.24, 2.45) is 0 Å². The molecule has 0 spiro atoms. The minimum atomic E-state index is -0.113. The van der Waals surface area contributed by atoms with Crippen molar-refractivity contribution < 1.29 is 14.2 Å². The molecule has 6 heteroatoms. The van der Waals surface area contributed by atoms with Gasteiger partial charge in [-0.1, -0.05) is 17.3 Å². The minimum Gasteiger partial charge on any atom is -0.496 e. The minimum absolute atomic E-state index is 0.113. The molecular weight excluding hydrogens is 294 g/mol. The number of hydrogen-bond donors (Lipinski definition) is 0. The Labute approximate surface area is 134 Å². The number of ether oxygens (including phenoxy) is 3. The summed E-state index contributed by atoms with van der Waals surface area (Å²) in [6.45, 7) is 2.04. The zero-order valence-corrected chi connectivity index (χ0v) is 13.6. The van der Waals surface area contributed by atoms with E-state index < -0.39 is 0 Å². The van der Waals surface area contributed by atoms with Crippen molar-refractivity contribution in [2.45, 2.75) is 13.0 Å². The molecule has 0 fully saturated rings. The van der Waals surface area contributed by atoms with E-state index in [2.05, 4.69) is 10.3 Å². The zero-order chi connectivity index (χ0) is 16.4. The average Bonchev–Trinajstić information content (AvgIpc) is 3.03. The maximum atomic E-state index is 5.54. The van der Waals surface area contributed by atoms with E-state index in [1.165, 1.54) is 0 Å². The number of fused-ring (bicyclic) bond motifs is 1. The fourth-order valence-corrected chi connectivity index (χ4v) is 2.74. The monoisotopic (exact) mass is 313 g/mol. The molecule has 0 saturated carbocycles. The van der Waals surface area contributed by atoms with Crippen molar-refractivity contribution in [1.82, 2.24) is 15.0 Å². The summed E-state index contributed by atoms with van der Waals surface area (Å²) in [6, 6.07) is 11.4. The second-order valence-electron chi connectivity index (χ2n) is 5.14. The predicted octanol–water partition coefficient (Wildman–Crippen LogP) is 3.07. The van der Waals surface area contributed by atoms with Crippen LogP contribution in [0.25, 0.3) is 11.0 Å². The molecule has 0 N–H and O–H groups in total. The molecule has 0 saturated heterocycles. The van der Waals surface area contributed by atoms with Gasteiger partial charge in [-0.2, -0.15) is 0 Å². The number of para-hydroxylation sites is 1. The molecule has 1 aromatic heterocycles. The molecule has 3 aromatic rings. The molecular formula is C17H19N3O3. The molecule has 1 unspecified atom stereocenters. The van der Waals surface area contributed by atoms with Crippen LogP contribution in [-0.4, -0.2) is 36.3 Å². The van der Waals surface area contributed by atoms with E-state index in [0.29, 0.717) is 17.2 Å². The number of rotatable bonds is 5. The molecule has 0 aliphatic heterocycles. The SMILES string of the molecule is COc1cc(OC)c(C(C)n2nnc3ccccc32)c(OC)c1. The van der Waals surface area contributed by atoms with Gasteiger partial charge >= 0.3 is 0 Å². The Morgan fingerprint density at radius 2 is 1.61 bits per heavy atom. The molecule has 0 aliphatic carbocycles. The molecule has 0 amide bonds. The van der Waals surface area contributed by atoms with E-state index >= 15 is 0 Å². The van der Waals surface area contributed by atoms with Crippen molar-refractivity contribution in [1.29, 1.82) is 0 Å². The summed E-state index contributed by atoms with van der Waals surface area (Å²) in [4.78, 5) is 0. The van der Waals surface area contributed by atoms with Crippen molar-refractivity contribution in [3.63, 3.8) is 0 Å². The summed E-state index contributed by atoms with van der Waals surface area (Å²) in [6.07, 6.45) is 0. The lowest BCUT2D eigenvalue weighted by atomic mass is 10.0. The normalized spacial score (nSPS) is 12.2. The average molecular weight is 313 g/mol. The van der Waals surface area contributed by atoms with Crippen molar-refractivity contribution in [3.8, 4) is 17.2 Å². The molecule has 120 valence electrons. The van der Waals surface area contributed by atoms with Crippen LogP contribution >= 0.6 is 0 Å². The van der Waals surface area contributed by atoms with Gasteiger partial charge in [0.05, 0.1) is 38.5 Å². The van der Waals surface area contributed by atoms with Crippen LogP contribution in [0.5, 0.6) is 17.2 Å². The van der Waals surface area contributed by atoms with Gasteiger partial charge in [-0.15, -0.1) is 5.10 Å². The van der Waals surface area contributed by atoms with E-state index in [1.807, 2.05) is 48.0 Å². The Bertz CT molecular complexity index is 804. The smallest absolute Gasteiger partial charge is 0.131 e. The number of methoxy groups -OCH3 is 3. The molecule has 3 rings (SSSR count). The summed E-state index contributed by atoms with van der Waals surface area (Å²) >= 11 is 0. The van der Waals surface area contributed by atoms with Crippen LogP contribution in [0.2, 0.25) is 0 Å². The lowest BCUT2D eigenvalue weighted by molar-refractivity contribution is 0.359. The lowest BCUT2D eigenvalue weighted by Crippen LogP contribution is -2.11. The molecule has 0 aliphatic rings. The van der Waals surface area contributed by atoms with Gasteiger partial charge in [0.25, 0.3) is 0 Å². The summed E-state index contributed by atoms with van der Waals surface area (Å²) in [5.41, 5.74) is 2.71. The fraction of sp³-hybridized carbons (Fsp3) is 0.294. The molecule has 1 atom stereocenters. The number of aromatic nitrogens is 3. The van der Waals surface area contributed by atoms with Gasteiger partial charge in [0.1, 0.15) is 22.8 Å². The summed E-state index contributed by atoms with van der Waals surface area (Å²) in [5, 5.41) is 8.51. The van der Waals surface area contributed by atoms with Crippen LogP contribution in [0.1, 0.15) is 18.5 Å². The molecule has 0 radical (unpaired) electrons. The Hall–Kier alpha value is -2.76. The van der Waals surface area contributed by atoms with Crippen LogP contribution in [0, 0.1) is 0 Å². The Morgan fingerprint density at radius 3 is 2.22 bits per heavy atom. The standard InChI is InChI=1S/C17H19N3O3/c1-11(20-14-8-6-5-7-13(14)18-19-20)17-15(22-3)9-12(21-2)10-16(17)23-4/h5-11H,1-4H3. The van der Waals surface area contributed by atoms with Gasteiger partial charge in [-0.25, -0.2) is 4.68 Å². The van der Waals surface area contributed by atoms with Gasteiger partial charge in [-0.05, 0) is 19.1 Å². The summed E-state index contributed by atoms with van der Waals surface area (Å²) < 4.78 is 18.2. The molecule has 6 nitrogen and oxygen atoms in total. The summed E-state index contributed by atoms with van der Waals surface area (Å²) in [7, 11) is 4.87. The molecule has 0 bridgehead atoms. The Morgan fingerprint density at radius 1 is 0.957 bits per heavy atom. The predicted molar refractivity (Wildman–Crippen MR) is 87.4 cm³/mol. The van der Waals surface area contributed by atoms with Gasteiger partial charge in [0.2, 0.25) is 0 Å². The van der Waals surface area contributed by atoms with Crippen LogP contribution in [0.3, 0.4) is 0 Å². The second kappa shape index (κ2) is 6.16. The third-order valence-electron chi connectivity index (χ3n) is 3.92. The molecule has 1 heterocycles. The van der Waals surface area contributed by atoms with E-state index in [4.69, 9.17) is 14.2 Å². The Balaban J connectivity index is 2.16. The van der Waals surface area contributed by atoms with Crippen LogP contribution in [0.4, 0.5) is 0 Å². The zero-order valence-electron chi connectivity index (χ0n) is 13.6. The largest absolute Gasteiger partial charge is 0.496 e. The topological polar surface area (TPSA) is 58.4 Å². The third kappa shape index (κ3) is 2.56. The van der Waals surface area contributed by atoms with Crippen LogP contribution < -0.4 is 14.2 Å². The number of hydrogen-bond acceptors (Lipinski definition) is 5. The molecule has 2 aromatic carbocycles. The van der Waals surface area contributed by atoms with Crippen LogP contribution in [0.15, 0.2) is 36.4 Å². The second-order valence-corrected chi connectivity index (χ2v) is 5.14. The van der Waals surface area contributed by atoms with Gasteiger partial charge < -0.3 is 14.2 Å². The summed E-state index contributed by atoms with van der Waals surface area (Å²) in [5.74, 6) is 2.06. The first-order valence-electron chi connectivity index (χ1n) is 7.29. The highest BCUT2D eigenvalue weighted by Crippen LogP contribution is 2.40. The van der Waals surface area contributed by atoms with Gasteiger partial charge in [0, 0.05) is 12.1 Å². The van der Waals surface area contributed by atoms with E-state index in [-0.39, 0.29) is 6.04 Å². The van der Waals surface area contributed by atoms with E-state index in [0.717, 1.165) is 16.6 Å². The van der Waals surface area contributed by atoms with Crippen LogP contribution in [-0.2, 0) is 0 Å². The first-order valence-corrected chi connectivity index (χ1v) is 7.29. The van der Waals surface area contributed by atoms with Gasteiger partial charge in [-0.3, -0.25) is 0 Å². The van der Waals surface area contributed by atoms with Crippen molar-refractivity contribution >= 4 is 11.0 Å². The maximum Gasteiger partial charge on any atom is 0.131 e. The fourth-order valence-electron chi connectivity index (χ4n) is 2.74. The first kappa shape index (κ1) is 15.1. The highest BCUT2D eigenvalue weighted by molar-refractivity contribution is 5.74. The van der Waals surface area contributed by atoms with E-state index in [1.54, 1.807) is 21.3 Å². The first-order chi connectivity index (χ1) is 11.2.